The number of nitrogens with one attached hydrogen (secondary N) is 1. The van der Waals surface area contributed by atoms with Crippen molar-refractivity contribution in [3.05, 3.63) is 89.1 Å². The molecular weight excluding hydrogens is 496 g/mol. The quantitative estimate of drug-likeness (QED) is 0.333. The van der Waals surface area contributed by atoms with E-state index in [0.717, 1.165) is 5.39 Å². The second kappa shape index (κ2) is 9.22. The van der Waals surface area contributed by atoms with E-state index in [1.807, 2.05) is 0 Å². The van der Waals surface area contributed by atoms with Crippen LogP contribution in [-0.2, 0) is 10.0 Å². The van der Waals surface area contributed by atoms with E-state index < -0.39 is 33.2 Å². The minimum Gasteiger partial charge on any atom is -0.482 e. The molecule has 1 saturated carbocycles. The zero-order valence-corrected chi connectivity index (χ0v) is 20.2. The van der Waals surface area contributed by atoms with Gasteiger partial charge in [0, 0.05) is 5.39 Å². The largest absolute Gasteiger partial charge is 0.482 e. The minimum atomic E-state index is -3.49. The van der Waals surface area contributed by atoms with Crippen molar-refractivity contribution in [1.82, 2.24) is 14.5 Å². The number of ether oxygens (including phenoxy) is 1. The molecule has 1 fully saturated rings. The fraction of sp³-hybridized carbons (Fsp3) is 0.240. The molecule has 10 heteroatoms. The smallest absolute Gasteiger partial charge is 0.214 e. The molecule has 1 aliphatic rings. The Bertz CT molecular complexity index is 1470. The van der Waals surface area contributed by atoms with Crippen molar-refractivity contribution in [3.8, 4) is 11.4 Å². The van der Waals surface area contributed by atoms with E-state index in [0.29, 0.717) is 35.4 Å². The Morgan fingerprint density at radius 1 is 1.06 bits per heavy atom. The van der Waals surface area contributed by atoms with Gasteiger partial charge in [0.05, 0.1) is 33.7 Å². The summed E-state index contributed by atoms with van der Waals surface area (Å²) in [5.74, 6) is -0.437. The molecule has 0 spiro atoms. The molecule has 182 valence electrons. The summed E-state index contributed by atoms with van der Waals surface area (Å²) < 4.78 is 62.6. The first-order chi connectivity index (χ1) is 16.7. The number of hydrogen-bond donors (Lipinski definition) is 1. The predicted molar refractivity (Wildman–Crippen MR) is 130 cm³/mol. The molecule has 3 aromatic carbocycles. The van der Waals surface area contributed by atoms with Crippen molar-refractivity contribution < 1.29 is 21.9 Å². The molecule has 0 amide bonds. The molecule has 35 heavy (non-hydrogen) atoms. The van der Waals surface area contributed by atoms with E-state index >= 15 is 0 Å². The number of hydrogen-bond acceptors (Lipinski definition) is 4. The van der Waals surface area contributed by atoms with Gasteiger partial charge in [-0.15, -0.1) is 0 Å². The van der Waals surface area contributed by atoms with Gasteiger partial charge in [0.25, 0.3) is 0 Å². The van der Waals surface area contributed by atoms with Crippen molar-refractivity contribution in [2.45, 2.75) is 37.2 Å². The maximum Gasteiger partial charge on any atom is 0.214 e. The third-order valence-corrected chi connectivity index (χ3v) is 8.26. The second-order valence-corrected chi connectivity index (χ2v) is 11.0. The molecule has 0 bridgehead atoms. The van der Waals surface area contributed by atoms with Crippen LogP contribution in [0.3, 0.4) is 0 Å². The normalized spacial score (nSPS) is 15.8. The lowest BCUT2D eigenvalue weighted by Crippen LogP contribution is -2.40. The maximum absolute atomic E-state index is 13.6. The van der Waals surface area contributed by atoms with Crippen LogP contribution < -0.4 is 9.46 Å². The number of aromatic nitrogens is 2. The van der Waals surface area contributed by atoms with Gasteiger partial charge in [-0.3, -0.25) is 0 Å². The summed E-state index contributed by atoms with van der Waals surface area (Å²) in [4.78, 5) is 0. The van der Waals surface area contributed by atoms with E-state index in [2.05, 4.69) is 9.82 Å². The monoisotopic (exact) mass is 517 g/mol. The minimum absolute atomic E-state index is 0.283. The number of rotatable bonds is 8. The molecule has 5 rings (SSSR count). The third-order valence-electron chi connectivity index (χ3n) is 5.91. The highest BCUT2D eigenvalue weighted by atomic mass is 35.5. The summed E-state index contributed by atoms with van der Waals surface area (Å²) in [6, 6.07) is 14.4. The zero-order valence-electron chi connectivity index (χ0n) is 18.7. The molecule has 1 aliphatic carbocycles. The van der Waals surface area contributed by atoms with Gasteiger partial charge in [-0.25, -0.2) is 26.6 Å². The van der Waals surface area contributed by atoms with E-state index in [1.165, 1.54) is 24.3 Å². The molecule has 0 unspecified atom stereocenters. The molecular formula is C25H22ClF2N3O3S. The highest BCUT2D eigenvalue weighted by molar-refractivity contribution is 7.90. The van der Waals surface area contributed by atoms with Crippen LogP contribution in [0.5, 0.6) is 5.75 Å². The summed E-state index contributed by atoms with van der Waals surface area (Å²) in [6.45, 7) is 1.70. The summed E-state index contributed by atoms with van der Waals surface area (Å²) in [5, 5.41) is 4.99. The van der Waals surface area contributed by atoms with Gasteiger partial charge in [0.2, 0.25) is 10.0 Å². The number of nitrogens with zero attached hydrogens (tertiary/aromatic N) is 2. The van der Waals surface area contributed by atoms with Gasteiger partial charge in [0.15, 0.2) is 0 Å². The third kappa shape index (κ3) is 5.03. The standard InChI is InChI=1S/C25H22ClF2N3O3S/c1-15(30-35(32,33)21-10-11-21)25(16-2-4-18(27)5-3-16)34-24-12-17-14-29-31(23(17)13-22(24)26)20-8-6-19(28)7-9-20/h2-9,12-15,21,25,30H,10-11H2,1H3/t15-,25+/m0/s1. The maximum atomic E-state index is 13.6. The molecule has 1 N–H and O–H groups in total. The Balaban J connectivity index is 1.49. The van der Waals surface area contributed by atoms with Crippen LogP contribution in [0.2, 0.25) is 5.02 Å². The topological polar surface area (TPSA) is 73.2 Å². The van der Waals surface area contributed by atoms with E-state index in [-0.39, 0.29) is 10.8 Å². The number of halogens is 3. The summed E-state index contributed by atoms with van der Waals surface area (Å²) in [5.41, 5.74) is 1.95. The Labute approximate surface area is 206 Å². The second-order valence-electron chi connectivity index (χ2n) is 8.62. The Morgan fingerprint density at radius 3 is 2.31 bits per heavy atom. The first-order valence-corrected chi connectivity index (χ1v) is 13.0. The number of sulfonamides is 1. The van der Waals surface area contributed by atoms with Gasteiger partial charge in [0.1, 0.15) is 23.5 Å². The molecule has 1 aromatic heterocycles. The zero-order chi connectivity index (χ0) is 24.7. The lowest BCUT2D eigenvalue weighted by atomic mass is 10.0. The van der Waals surface area contributed by atoms with Crippen LogP contribution >= 0.6 is 11.6 Å². The first kappa shape index (κ1) is 23.7. The highest BCUT2D eigenvalue weighted by Gasteiger charge is 2.38. The van der Waals surface area contributed by atoms with E-state index in [4.69, 9.17) is 16.3 Å². The SMILES string of the molecule is C[C@H](NS(=O)(=O)C1CC1)[C@@H](Oc1cc2cnn(-c3ccc(F)cc3)c2cc1Cl)c1ccc(F)cc1. The predicted octanol–water partition coefficient (Wildman–Crippen LogP) is 5.55. The van der Waals surface area contributed by atoms with E-state index in [9.17, 15) is 17.2 Å². The van der Waals surface area contributed by atoms with Gasteiger partial charge >= 0.3 is 0 Å². The van der Waals surface area contributed by atoms with Gasteiger partial charge in [-0.05, 0) is 73.9 Å². The fourth-order valence-corrected chi connectivity index (χ4v) is 5.74. The van der Waals surface area contributed by atoms with Crippen LogP contribution in [0.25, 0.3) is 16.6 Å². The van der Waals surface area contributed by atoms with Crippen molar-refractivity contribution in [3.63, 3.8) is 0 Å². The van der Waals surface area contributed by atoms with Crippen LogP contribution in [0.15, 0.2) is 66.9 Å². The summed E-state index contributed by atoms with van der Waals surface area (Å²) in [7, 11) is -3.49. The van der Waals surface area contributed by atoms with Gasteiger partial charge in [-0.1, -0.05) is 23.7 Å². The average Bonchev–Trinajstić information content (AvgIpc) is 3.61. The number of benzene rings is 3. The molecule has 0 radical (unpaired) electrons. The highest BCUT2D eigenvalue weighted by Crippen LogP contribution is 2.36. The molecule has 1 heterocycles. The van der Waals surface area contributed by atoms with Crippen molar-refractivity contribution >= 4 is 32.5 Å². The van der Waals surface area contributed by atoms with Gasteiger partial charge in [-0.2, -0.15) is 5.10 Å². The number of fused-ring (bicyclic) bond motifs is 1. The Morgan fingerprint density at radius 2 is 1.69 bits per heavy atom. The van der Waals surface area contributed by atoms with Gasteiger partial charge < -0.3 is 4.74 Å². The van der Waals surface area contributed by atoms with Crippen LogP contribution in [0, 0.1) is 11.6 Å². The summed E-state index contributed by atoms with van der Waals surface area (Å²) in [6.07, 6.45) is 2.12. The molecule has 0 aliphatic heterocycles. The Kier molecular flexibility index (Phi) is 6.25. The van der Waals surface area contributed by atoms with Crippen LogP contribution in [-0.4, -0.2) is 29.5 Å². The lowest BCUT2D eigenvalue weighted by molar-refractivity contribution is 0.173. The molecule has 2 atom stereocenters. The van der Waals surface area contributed by atoms with Crippen LogP contribution in [0.4, 0.5) is 8.78 Å². The molecule has 6 nitrogen and oxygen atoms in total. The lowest BCUT2D eigenvalue weighted by Gasteiger charge is -2.27. The Hall–Kier alpha value is -3.01. The van der Waals surface area contributed by atoms with Crippen molar-refractivity contribution in [2.75, 3.05) is 0 Å². The molecule has 4 aromatic rings. The van der Waals surface area contributed by atoms with Crippen molar-refractivity contribution in [2.24, 2.45) is 0 Å². The van der Waals surface area contributed by atoms with Crippen molar-refractivity contribution in [1.29, 1.82) is 0 Å². The average molecular weight is 518 g/mol. The van der Waals surface area contributed by atoms with E-state index in [1.54, 1.807) is 54.2 Å². The molecule has 0 saturated heterocycles. The first-order valence-electron chi connectivity index (χ1n) is 11.1. The summed E-state index contributed by atoms with van der Waals surface area (Å²) >= 11 is 6.58. The van der Waals surface area contributed by atoms with Crippen LogP contribution in [0.1, 0.15) is 31.4 Å². The fourth-order valence-electron chi connectivity index (χ4n) is 3.95.